The predicted molar refractivity (Wildman–Crippen MR) is 99.9 cm³/mol. The molecule has 0 radical (unpaired) electrons. The molecule has 6 unspecified atom stereocenters. The Balaban J connectivity index is 5.19. The first-order valence-electron chi connectivity index (χ1n) is 9.03. The van der Waals surface area contributed by atoms with E-state index in [1.807, 2.05) is 13.8 Å². The molecule has 0 saturated heterocycles. The molecule has 0 rings (SSSR count). The summed E-state index contributed by atoms with van der Waals surface area (Å²) >= 11 is 0. The zero-order valence-corrected chi connectivity index (χ0v) is 16.8. The molecule has 28 heavy (non-hydrogen) atoms. The van der Waals surface area contributed by atoms with E-state index in [-0.39, 0.29) is 5.92 Å². The normalized spacial score (nSPS) is 17.6. The predicted octanol–water partition coefficient (Wildman–Crippen LogP) is -2.32. The summed E-state index contributed by atoms with van der Waals surface area (Å²) in [7, 11) is 0. The molecule has 0 aromatic heterocycles. The van der Waals surface area contributed by atoms with Crippen LogP contribution in [0.2, 0.25) is 0 Å². The van der Waals surface area contributed by atoms with Gasteiger partial charge in [-0.2, -0.15) is 0 Å². The first kappa shape index (κ1) is 25.8. The molecule has 0 spiro atoms. The van der Waals surface area contributed by atoms with Crippen LogP contribution in [0.3, 0.4) is 0 Å². The zero-order chi connectivity index (χ0) is 22.2. The van der Waals surface area contributed by atoms with Gasteiger partial charge in [-0.1, -0.05) is 13.8 Å². The van der Waals surface area contributed by atoms with Crippen LogP contribution in [-0.2, 0) is 19.2 Å². The lowest BCUT2D eigenvalue weighted by molar-refractivity contribution is -0.142. The quantitative estimate of drug-likeness (QED) is 0.199. The average Bonchev–Trinajstić information content (AvgIpc) is 2.55. The van der Waals surface area contributed by atoms with E-state index in [2.05, 4.69) is 16.0 Å². The monoisotopic (exact) mass is 404 g/mol. The number of hydrogen-bond acceptors (Lipinski definition) is 7. The Kier molecular flexibility index (Phi) is 10.6. The summed E-state index contributed by atoms with van der Waals surface area (Å²) in [4.78, 5) is 47.6. The van der Waals surface area contributed by atoms with Crippen molar-refractivity contribution in [3.05, 3.63) is 0 Å². The molecule has 6 atom stereocenters. The summed E-state index contributed by atoms with van der Waals surface area (Å²) in [6.07, 6.45) is -2.31. The molecule has 0 aliphatic heterocycles. The molecule has 0 aromatic rings. The molecule has 3 amide bonds. The van der Waals surface area contributed by atoms with Crippen LogP contribution in [-0.4, -0.2) is 75.4 Å². The standard InChI is InChI=1S/C17H32N4O7/c1-7(2)6-11(18)14(24)20-13(10(5)23)16(26)21-12(9(4)22)15(25)19-8(3)17(27)28/h7-13,22-23H,6,18H2,1-5H3,(H,19,25)(H,20,24)(H,21,26)(H,27,28). The third kappa shape index (κ3) is 8.63. The molecule has 0 saturated carbocycles. The summed E-state index contributed by atoms with van der Waals surface area (Å²) in [5.41, 5.74) is 5.76. The molecule has 11 nitrogen and oxygen atoms in total. The number of hydrogen-bond donors (Lipinski definition) is 7. The molecule has 11 heteroatoms. The lowest BCUT2D eigenvalue weighted by Gasteiger charge is -2.27. The van der Waals surface area contributed by atoms with Crippen molar-refractivity contribution < 1.29 is 34.5 Å². The van der Waals surface area contributed by atoms with Crippen molar-refractivity contribution in [2.24, 2.45) is 11.7 Å². The van der Waals surface area contributed by atoms with Gasteiger partial charge in [0, 0.05) is 0 Å². The van der Waals surface area contributed by atoms with Crippen LogP contribution in [0.25, 0.3) is 0 Å². The van der Waals surface area contributed by atoms with E-state index in [0.717, 1.165) is 0 Å². The molecule has 8 N–H and O–H groups in total. The van der Waals surface area contributed by atoms with Gasteiger partial charge in [-0.3, -0.25) is 19.2 Å². The molecule has 0 aromatic carbocycles. The highest BCUT2D eigenvalue weighted by atomic mass is 16.4. The summed E-state index contributed by atoms with van der Waals surface area (Å²) < 4.78 is 0. The molecule has 0 bridgehead atoms. The maximum absolute atomic E-state index is 12.5. The fourth-order valence-electron chi connectivity index (χ4n) is 2.29. The van der Waals surface area contributed by atoms with Gasteiger partial charge in [0.2, 0.25) is 17.7 Å². The second-order valence-electron chi connectivity index (χ2n) is 7.26. The fraction of sp³-hybridized carbons (Fsp3) is 0.765. The van der Waals surface area contributed by atoms with Crippen LogP contribution >= 0.6 is 0 Å². The van der Waals surface area contributed by atoms with Gasteiger partial charge in [-0.25, -0.2) is 0 Å². The fourth-order valence-corrected chi connectivity index (χ4v) is 2.29. The third-order valence-electron chi connectivity index (χ3n) is 3.92. The smallest absolute Gasteiger partial charge is 0.325 e. The molecule has 0 aliphatic carbocycles. The van der Waals surface area contributed by atoms with E-state index in [9.17, 15) is 29.4 Å². The largest absolute Gasteiger partial charge is 0.480 e. The maximum atomic E-state index is 12.5. The van der Waals surface area contributed by atoms with Crippen LogP contribution < -0.4 is 21.7 Å². The van der Waals surface area contributed by atoms with Gasteiger partial charge < -0.3 is 37.0 Å². The van der Waals surface area contributed by atoms with Gasteiger partial charge in [-0.05, 0) is 33.1 Å². The number of rotatable bonds is 11. The number of aliphatic carboxylic acids is 1. The highest BCUT2D eigenvalue weighted by molar-refractivity contribution is 5.94. The van der Waals surface area contributed by atoms with E-state index < -0.39 is 60.1 Å². The molecule has 0 fully saturated rings. The van der Waals surface area contributed by atoms with Crippen molar-refractivity contribution in [3.8, 4) is 0 Å². The molecular weight excluding hydrogens is 372 g/mol. The Labute approximate surface area is 164 Å². The number of amides is 3. The number of nitrogens with one attached hydrogen (secondary N) is 3. The van der Waals surface area contributed by atoms with Crippen molar-refractivity contribution in [2.45, 2.75) is 77.4 Å². The Bertz CT molecular complexity index is 566. The second-order valence-corrected chi connectivity index (χ2v) is 7.26. The lowest BCUT2D eigenvalue weighted by Crippen LogP contribution is -2.61. The third-order valence-corrected chi connectivity index (χ3v) is 3.92. The highest BCUT2D eigenvalue weighted by Gasteiger charge is 2.33. The Morgan fingerprint density at radius 3 is 1.54 bits per heavy atom. The van der Waals surface area contributed by atoms with E-state index in [1.165, 1.54) is 20.8 Å². The molecule has 0 aliphatic rings. The van der Waals surface area contributed by atoms with E-state index in [4.69, 9.17) is 10.8 Å². The number of aliphatic hydroxyl groups is 2. The van der Waals surface area contributed by atoms with Crippen LogP contribution in [0, 0.1) is 5.92 Å². The number of carboxylic acids is 1. The van der Waals surface area contributed by atoms with Gasteiger partial charge in [0.1, 0.15) is 18.1 Å². The minimum Gasteiger partial charge on any atom is -0.480 e. The van der Waals surface area contributed by atoms with Crippen LogP contribution in [0.1, 0.15) is 41.0 Å². The van der Waals surface area contributed by atoms with Crippen LogP contribution in [0.15, 0.2) is 0 Å². The lowest BCUT2D eigenvalue weighted by atomic mass is 10.0. The average molecular weight is 404 g/mol. The Morgan fingerprint density at radius 1 is 0.786 bits per heavy atom. The zero-order valence-electron chi connectivity index (χ0n) is 16.8. The van der Waals surface area contributed by atoms with Gasteiger partial charge in [-0.15, -0.1) is 0 Å². The van der Waals surface area contributed by atoms with Gasteiger partial charge >= 0.3 is 5.97 Å². The van der Waals surface area contributed by atoms with Crippen LogP contribution in [0.5, 0.6) is 0 Å². The number of carboxylic acid groups (broad SMARTS) is 1. The van der Waals surface area contributed by atoms with Crippen molar-refractivity contribution in [1.29, 1.82) is 0 Å². The van der Waals surface area contributed by atoms with Crippen molar-refractivity contribution in [2.75, 3.05) is 0 Å². The van der Waals surface area contributed by atoms with Crippen molar-refractivity contribution in [1.82, 2.24) is 16.0 Å². The number of carbonyl (C=O) groups is 4. The molecule has 0 heterocycles. The van der Waals surface area contributed by atoms with Crippen LogP contribution in [0.4, 0.5) is 0 Å². The minimum atomic E-state index is -1.49. The molecule has 162 valence electrons. The summed E-state index contributed by atoms with van der Waals surface area (Å²) in [5, 5.41) is 35.2. The number of nitrogens with two attached hydrogens (primary N) is 1. The van der Waals surface area contributed by atoms with E-state index >= 15 is 0 Å². The summed E-state index contributed by atoms with van der Waals surface area (Å²) in [6, 6.07) is -5.04. The number of aliphatic hydroxyl groups excluding tert-OH is 2. The Hall–Kier alpha value is -2.24. The van der Waals surface area contributed by atoms with Gasteiger partial charge in [0.25, 0.3) is 0 Å². The van der Waals surface area contributed by atoms with E-state index in [0.29, 0.717) is 6.42 Å². The summed E-state index contributed by atoms with van der Waals surface area (Å²) in [5.74, 6) is -3.65. The van der Waals surface area contributed by atoms with Gasteiger partial charge in [0.15, 0.2) is 0 Å². The van der Waals surface area contributed by atoms with Crippen molar-refractivity contribution in [3.63, 3.8) is 0 Å². The van der Waals surface area contributed by atoms with Gasteiger partial charge in [0.05, 0.1) is 18.2 Å². The number of carbonyl (C=O) groups excluding carboxylic acids is 3. The minimum absolute atomic E-state index is 0.138. The SMILES string of the molecule is CC(C)CC(N)C(=O)NC(C(=O)NC(C(=O)NC(C)C(=O)O)C(C)O)C(C)O. The topological polar surface area (TPSA) is 191 Å². The first-order chi connectivity index (χ1) is 12.8. The highest BCUT2D eigenvalue weighted by Crippen LogP contribution is 2.04. The molecular formula is C17H32N4O7. The maximum Gasteiger partial charge on any atom is 0.325 e. The first-order valence-corrected chi connectivity index (χ1v) is 9.03. The summed E-state index contributed by atoms with van der Waals surface area (Å²) in [6.45, 7) is 7.45. The Morgan fingerprint density at radius 2 is 1.18 bits per heavy atom. The second kappa shape index (κ2) is 11.6. The van der Waals surface area contributed by atoms with E-state index in [1.54, 1.807) is 0 Å². The van der Waals surface area contributed by atoms with Crippen molar-refractivity contribution >= 4 is 23.7 Å².